The van der Waals surface area contributed by atoms with Gasteiger partial charge in [0.1, 0.15) is 0 Å². The van der Waals surface area contributed by atoms with Crippen molar-refractivity contribution in [1.29, 1.82) is 0 Å². The molecule has 0 saturated heterocycles. The van der Waals surface area contributed by atoms with E-state index in [1.165, 1.54) is 23.1 Å². The summed E-state index contributed by atoms with van der Waals surface area (Å²) in [6, 6.07) is 5.55. The summed E-state index contributed by atoms with van der Waals surface area (Å²) in [6.45, 7) is 1.95. The zero-order chi connectivity index (χ0) is 22.5. The van der Waals surface area contributed by atoms with Gasteiger partial charge in [-0.05, 0) is 25.1 Å². The molecule has 9 nitrogen and oxygen atoms in total. The molecule has 32 heavy (non-hydrogen) atoms. The molecule has 166 valence electrons. The molecule has 0 radical (unpaired) electrons. The van der Waals surface area contributed by atoms with Crippen LogP contribution in [0.15, 0.2) is 38.6 Å². The number of methoxy groups -OCH3 is 2. The number of nitrogens with one attached hydrogen (secondary N) is 1. The maximum absolute atomic E-state index is 12.3. The third-order valence-electron chi connectivity index (χ3n) is 4.20. The number of carbonyl (C=O) groups excluding carboxylic acids is 1. The fourth-order valence-corrected chi connectivity index (χ4v) is 4.68. The van der Waals surface area contributed by atoms with E-state index >= 15 is 0 Å². The van der Waals surface area contributed by atoms with Gasteiger partial charge in [-0.15, -0.1) is 32.9 Å². The van der Waals surface area contributed by atoms with Crippen molar-refractivity contribution in [1.82, 2.24) is 20.2 Å². The Morgan fingerprint density at radius 3 is 2.72 bits per heavy atom. The molecular weight excluding hydrogens is 470 g/mol. The van der Waals surface area contributed by atoms with Gasteiger partial charge in [-0.2, -0.15) is 0 Å². The summed E-state index contributed by atoms with van der Waals surface area (Å²) in [5, 5.41) is 16.5. The highest BCUT2D eigenvalue weighted by molar-refractivity contribution is 7.99. The molecule has 0 bridgehead atoms. The largest absolute Gasteiger partial charge is 0.493 e. The Balaban J connectivity index is 1.31. The van der Waals surface area contributed by atoms with Crippen molar-refractivity contribution in [3.8, 4) is 22.8 Å². The van der Waals surface area contributed by atoms with Crippen LogP contribution >= 0.6 is 34.4 Å². The van der Waals surface area contributed by atoms with Crippen molar-refractivity contribution >= 4 is 45.5 Å². The van der Waals surface area contributed by atoms with Gasteiger partial charge in [-0.25, -0.2) is 9.97 Å². The maximum atomic E-state index is 12.3. The third kappa shape index (κ3) is 5.44. The number of hydrogen-bond donors (Lipinski definition) is 1. The number of aromatic nitrogens is 4. The summed E-state index contributed by atoms with van der Waals surface area (Å²) in [7, 11) is 3.17. The summed E-state index contributed by atoms with van der Waals surface area (Å²) in [4.78, 5) is 21.2. The normalized spacial score (nSPS) is 10.8. The number of thiazole rings is 2. The van der Waals surface area contributed by atoms with Crippen LogP contribution in [0.25, 0.3) is 11.3 Å². The third-order valence-corrected chi connectivity index (χ3v) is 6.60. The van der Waals surface area contributed by atoms with Crippen molar-refractivity contribution in [2.24, 2.45) is 0 Å². The lowest BCUT2D eigenvalue weighted by Gasteiger charge is -2.08. The number of anilines is 1. The Morgan fingerprint density at radius 1 is 1.12 bits per heavy atom. The summed E-state index contributed by atoms with van der Waals surface area (Å²) in [6.07, 6.45) is 0.474. The molecule has 1 amide bonds. The number of ether oxygens (including phenoxy) is 2. The van der Waals surface area contributed by atoms with E-state index in [1.807, 2.05) is 35.9 Å². The van der Waals surface area contributed by atoms with Crippen LogP contribution in [0.5, 0.6) is 11.5 Å². The zero-order valence-electron chi connectivity index (χ0n) is 17.4. The lowest BCUT2D eigenvalue weighted by Crippen LogP contribution is -2.13. The van der Waals surface area contributed by atoms with Crippen LogP contribution < -0.4 is 14.8 Å². The standard InChI is InChI=1S/C20H19N5O4S3/c1-11-21-13(8-30-11)7-18-24-25-20(29-18)32-10-17(26)23-19-22-14(9-31-19)12-4-5-15(27-2)16(6-12)28-3/h4-6,8-9H,7,10H2,1-3H3,(H,22,23,26). The van der Waals surface area contributed by atoms with E-state index in [0.29, 0.717) is 34.2 Å². The Hall–Kier alpha value is -2.96. The Bertz CT molecular complexity index is 1220. The van der Waals surface area contributed by atoms with Gasteiger partial charge < -0.3 is 19.2 Å². The van der Waals surface area contributed by atoms with Crippen molar-refractivity contribution in [3.05, 3.63) is 45.6 Å². The topological polar surface area (TPSA) is 112 Å². The minimum absolute atomic E-state index is 0.128. The van der Waals surface area contributed by atoms with E-state index in [9.17, 15) is 4.79 Å². The Kier molecular flexibility index (Phi) is 7.02. The molecule has 0 spiro atoms. The average Bonchev–Trinajstić information content (AvgIpc) is 3.54. The van der Waals surface area contributed by atoms with E-state index in [1.54, 1.807) is 25.6 Å². The number of carbonyl (C=O) groups is 1. The molecular formula is C20H19N5O4S3. The second kappa shape index (κ2) is 10.1. The van der Waals surface area contributed by atoms with Crippen LogP contribution in [0.3, 0.4) is 0 Å². The van der Waals surface area contributed by atoms with Gasteiger partial charge in [-0.3, -0.25) is 4.79 Å². The van der Waals surface area contributed by atoms with Gasteiger partial charge >= 0.3 is 0 Å². The molecule has 0 aliphatic carbocycles. The quantitative estimate of drug-likeness (QED) is 0.344. The first kappa shape index (κ1) is 22.2. The monoisotopic (exact) mass is 489 g/mol. The average molecular weight is 490 g/mol. The van der Waals surface area contributed by atoms with Gasteiger partial charge in [0.05, 0.1) is 42.8 Å². The number of amides is 1. The zero-order valence-corrected chi connectivity index (χ0v) is 19.9. The number of hydrogen-bond acceptors (Lipinski definition) is 11. The lowest BCUT2D eigenvalue weighted by atomic mass is 10.1. The van der Waals surface area contributed by atoms with Gasteiger partial charge in [-0.1, -0.05) is 11.8 Å². The summed E-state index contributed by atoms with van der Waals surface area (Å²) < 4.78 is 16.2. The van der Waals surface area contributed by atoms with Crippen LogP contribution in [0.2, 0.25) is 0 Å². The van der Waals surface area contributed by atoms with Gasteiger partial charge in [0.25, 0.3) is 5.22 Å². The lowest BCUT2D eigenvalue weighted by molar-refractivity contribution is -0.113. The predicted molar refractivity (Wildman–Crippen MR) is 124 cm³/mol. The van der Waals surface area contributed by atoms with E-state index in [0.717, 1.165) is 22.0 Å². The second-order valence-electron chi connectivity index (χ2n) is 6.44. The summed E-state index contributed by atoms with van der Waals surface area (Å²) in [5.74, 6) is 1.64. The van der Waals surface area contributed by atoms with E-state index in [4.69, 9.17) is 13.9 Å². The molecule has 0 unspecified atom stereocenters. The number of thioether (sulfide) groups is 1. The smallest absolute Gasteiger partial charge is 0.277 e. The molecule has 1 N–H and O–H groups in total. The summed E-state index contributed by atoms with van der Waals surface area (Å²) in [5.41, 5.74) is 2.49. The molecule has 3 heterocycles. The van der Waals surface area contributed by atoms with Crippen molar-refractivity contribution in [3.63, 3.8) is 0 Å². The number of benzene rings is 1. The van der Waals surface area contributed by atoms with Crippen LogP contribution in [-0.2, 0) is 11.2 Å². The highest BCUT2D eigenvalue weighted by atomic mass is 32.2. The van der Waals surface area contributed by atoms with Crippen molar-refractivity contribution < 1.29 is 18.7 Å². The molecule has 1 aromatic carbocycles. The second-order valence-corrected chi connectivity index (χ2v) is 9.29. The molecule has 0 atom stereocenters. The van der Waals surface area contributed by atoms with Crippen LogP contribution in [0.4, 0.5) is 5.13 Å². The Morgan fingerprint density at radius 2 is 1.97 bits per heavy atom. The van der Waals surface area contributed by atoms with Crippen molar-refractivity contribution in [2.45, 2.75) is 18.6 Å². The SMILES string of the molecule is COc1ccc(-c2csc(NC(=O)CSc3nnc(Cc4csc(C)n4)o3)n2)cc1OC. The van der Waals surface area contributed by atoms with Crippen LogP contribution in [0, 0.1) is 6.92 Å². The minimum Gasteiger partial charge on any atom is -0.493 e. The molecule has 4 aromatic rings. The van der Waals surface area contributed by atoms with E-state index < -0.39 is 0 Å². The molecule has 0 aliphatic rings. The van der Waals surface area contributed by atoms with Crippen LogP contribution in [-0.4, -0.2) is 46.0 Å². The molecule has 0 fully saturated rings. The molecule has 12 heteroatoms. The van der Waals surface area contributed by atoms with Gasteiger partial charge in [0.2, 0.25) is 11.8 Å². The molecule has 0 saturated carbocycles. The highest BCUT2D eigenvalue weighted by Crippen LogP contribution is 2.33. The predicted octanol–water partition coefficient (Wildman–Crippen LogP) is 4.30. The Labute approximate surface area is 196 Å². The van der Waals surface area contributed by atoms with E-state index in [-0.39, 0.29) is 11.7 Å². The first-order valence-corrected chi connectivity index (χ1v) is 12.1. The van der Waals surface area contributed by atoms with E-state index in [2.05, 4.69) is 25.5 Å². The van der Waals surface area contributed by atoms with Crippen molar-refractivity contribution in [2.75, 3.05) is 25.3 Å². The highest BCUT2D eigenvalue weighted by Gasteiger charge is 2.14. The molecule has 0 aliphatic heterocycles. The first-order chi connectivity index (χ1) is 15.5. The fraction of sp³-hybridized carbons (Fsp3) is 0.250. The maximum Gasteiger partial charge on any atom is 0.277 e. The van der Waals surface area contributed by atoms with Gasteiger partial charge in [0, 0.05) is 16.3 Å². The number of rotatable bonds is 9. The first-order valence-electron chi connectivity index (χ1n) is 9.38. The summed E-state index contributed by atoms with van der Waals surface area (Å²) >= 11 is 4.09. The fourth-order valence-electron chi connectivity index (χ4n) is 2.75. The molecule has 4 rings (SSSR count). The molecule has 3 aromatic heterocycles. The van der Waals surface area contributed by atoms with Gasteiger partial charge in [0.15, 0.2) is 16.6 Å². The van der Waals surface area contributed by atoms with Crippen LogP contribution in [0.1, 0.15) is 16.6 Å². The number of nitrogens with zero attached hydrogens (tertiary/aromatic N) is 4. The number of aryl methyl sites for hydroxylation is 1. The minimum atomic E-state index is -0.210.